The van der Waals surface area contributed by atoms with Gasteiger partial charge in [-0.25, -0.2) is 8.78 Å². The first-order valence-corrected chi connectivity index (χ1v) is 5.94. The van der Waals surface area contributed by atoms with E-state index in [1.54, 1.807) is 13.8 Å². The fraction of sp³-hybridized carbons (Fsp3) is 0.385. The number of carbonyl (C=O) groups is 2. The fourth-order valence-electron chi connectivity index (χ4n) is 2.09. The Bertz CT molecular complexity index is 513. The molecule has 1 aliphatic rings. The molecule has 0 radical (unpaired) electrons. The zero-order valence-electron chi connectivity index (χ0n) is 10.6. The van der Waals surface area contributed by atoms with E-state index in [-0.39, 0.29) is 18.4 Å². The third kappa shape index (κ3) is 2.72. The molecule has 1 saturated heterocycles. The van der Waals surface area contributed by atoms with E-state index in [0.29, 0.717) is 5.56 Å². The van der Waals surface area contributed by atoms with Crippen LogP contribution in [0.2, 0.25) is 0 Å². The maximum Gasteiger partial charge on any atom is 0.245 e. The quantitative estimate of drug-likeness (QED) is 0.876. The molecule has 102 valence electrons. The van der Waals surface area contributed by atoms with Crippen LogP contribution in [0.25, 0.3) is 0 Å². The van der Waals surface area contributed by atoms with Crippen LogP contribution in [-0.2, 0) is 16.1 Å². The number of benzene rings is 1. The highest BCUT2D eigenvalue weighted by molar-refractivity contribution is 5.96. The molecular formula is C13H14F2N2O2. The van der Waals surface area contributed by atoms with Crippen LogP contribution in [0, 0.1) is 11.6 Å². The second-order valence-corrected chi connectivity index (χ2v) is 4.65. The standard InChI is InChI=1S/C13H14F2N2O2/c1-7-13(19)17(8(2)12(18)16-7)6-9-3-10(14)5-11(15)4-9/h3-5,7-8H,6H2,1-2H3,(H,16,18). The van der Waals surface area contributed by atoms with E-state index in [1.165, 1.54) is 4.90 Å². The molecule has 0 spiro atoms. The fourth-order valence-corrected chi connectivity index (χ4v) is 2.09. The van der Waals surface area contributed by atoms with Crippen molar-refractivity contribution in [3.05, 3.63) is 35.4 Å². The third-order valence-electron chi connectivity index (χ3n) is 3.13. The lowest BCUT2D eigenvalue weighted by Gasteiger charge is -2.36. The smallest absolute Gasteiger partial charge is 0.245 e. The molecule has 19 heavy (non-hydrogen) atoms. The summed E-state index contributed by atoms with van der Waals surface area (Å²) < 4.78 is 26.2. The molecule has 1 heterocycles. The van der Waals surface area contributed by atoms with Gasteiger partial charge in [0.05, 0.1) is 0 Å². The average molecular weight is 268 g/mol. The Balaban J connectivity index is 2.24. The summed E-state index contributed by atoms with van der Waals surface area (Å²) in [4.78, 5) is 24.9. The lowest BCUT2D eigenvalue weighted by atomic mass is 10.1. The van der Waals surface area contributed by atoms with Crippen molar-refractivity contribution in [2.24, 2.45) is 0 Å². The Kier molecular flexibility index (Phi) is 3.50. The van der Waals surface area contributed by atoms with Crippen molar-refractivity contribution in [1.82, 2.24) is 10.2 Å². The van der Waals surface area contributed by atoms with Crippen LogP contribution in [0.1, 0.15) is 19.4 Å². The summed E-state index contributed by atoms with van der Waals surface area (Å²) in [7, 11) is 0. The maximum atomic E-state index is 13.1. The molecule has 6 heteroatoms. The van der Waals surface area contributed by atoms with Crippen LogP contribution in [0.3, 0.4) is 0 Å². The minimum Gasteiger partial charge on any atom is -0.343 e. The zero-order valence-corrected chi connectivity index (χ0v) is 10.6. The average Bonchev–Trinajstić information content (AvgIpc) is 2.31. The molecule has 1 fully saturated rings. The molecular weight excluding hydrogens is 254 g/mol. The Morgan fingerprint density at radius 1 is 1.16 bits per heavy atom. The molecule has 2 unspecified atom stereocenters. The monoisotopic (exact) mass is 268 g/mol. The number of hydrogen-bond donors (Lipinski definition) is 1. The summed E-state index contributed by atoms with van der Waals surface area (Å²) in [6.07, 6.45) is 0. The van der Waals surface area contributed by atoms with Gasteiger partial charge >= 0.3 is 0 Å². The largest absolute Gasteiger partial charge is 0.343 e. The molecule has 4 nitrogen and oxygen atoms in total. The van der Waals surface area contributed by atoms with Crippen molar-refractivity contribution >= 4 is 11.8 Å². The van der Waals surface area contributed by atoms with Gasteiger partial charge in [-0.3, -0.25) is 9.59 Å². The minimum absolute atomic E-state index is 0.00639. The number of piperazine rings is 1. The Hall–Kier alpha value is -1.98. The number of hydrogen-bond acceptors (Lipinski definition) is 2. The molecule has 0 bridgehead atoms. The SMILES string of the molecule is CC1NC(=O)C(C)N(Cc2cc(F)cc(F)c2)C1=O. The van der Waals surface area contributed by atoms with E-state index in [1.807, 2.05) is 0 Å². The Morgan fingerprint density at radius 3 is 2.32 bits per heavy atom. The third-order valence-corrected chi connectivity index (χ3v) is 3.13. The van der Waals surface area contributed by atoms with Crippen LogP contribution in [0.5, 0.6) is 0 Å². The van der Waals surface area contributed by atoms with E-state index in [0.717, 1.165) is 18.2 Å². The van der Waals surface area contributed by atoms with Crippen LogP contribution < -0.4 is 5.32 Å². The van der Waals surface area contributed by atoms with Gasteiger partial charge in [-0.05, 0) is 31.5 Å². The summed E-state index contributed by atoms with van der Waals surface area (Å²) in [5.74, 6) is -1.95. The lowest BCUT2D eigenvalue weighted by Crippen LogP contribution is -2.60. The maximum absolute atomic E-state index is 13.1. The first-order valence-electron chi connectivity index (χ1n) is 5.94. The molecule has 0 aliphatic carbocycles. The molecule has 2 amide bonds. The van der Waals surface area contributed by atoms with E-state index in [2.05, 4.69) is 5.32 Å². The molecule has 2 rings (SSSR count). The van der Waals surface area contributed by atoms with Crippen molar-refractivity contribution in [3.8, 4) is 0 Å². The molecule has 1 aromatic carbocycles. The number of carbonyl (C=O) groups excluding carboxylic acids is 2. The highest BCUT2D eigenvalue weighted by Gasteiger charge is 2.35. The number of amides is 2. The second kappa shape index (κ2) is 4.95. The summed E-state index contributed by atoms with van der Waals surface area (Å²) in [5, 5.41) is 2.54. The number of rotatable bonds is 2. The van der Waals surface area contributed by atoms with Gasteiger partial charge in [0.15, 0.2) is 0 Å². The predicted octanol–water partition coefficient (Wildman–Crippen LogP) is 1.20. The van der Waals surface area contributed by atoms with Gasteiger partial charge in [0, 0.05) is 12.6 Å². The second-order valence-electron chi connectivity index (χ2n) is 4.65. The highest BCUT2D eigenvalue weighted by Crippen LogP contribution is 2.16. The van der Waals surface area contributed by atoms with Crippen molar-refractivity contribution in [2.45, 2.75) is 32.5 Å². The highest BCUT2D eigenvalue weighted by atomic mass is 19.1. The summed E-state index contributed by atoms with van der Waals surface area (Å²) in [6.45, 7) is 3.16. The van der Waals surface area contributed by atoms with Gasteiger partial charge in [0.25, 0.3) is 0 Å². The van der Waals surface area contributed by atoms with E-state index < -0.39 is 23.7 Å². The molecule has 0 saturated carbocycles. The number of nitrogens with one attached hydrogen (secondary N) is 1. The van der Waals surface area contributed by atoms with Crippen molar-refractivity contribution in [3.63, 3.8) is 0 Å². The van der Waals surface area contributed by atoms with Crippen LogP contribution in [0.4, 0.5) is 8.78 Å². The Morgan fingerprint density at radius 2 is 1.74 bits per heavy atom. The van der Waals surface area contributed by atoms with Crippen molar-refractivity contribution in [2.75, 3.05) is 0 Å². The number of halogens is 2. The van der Waals surface area contributed by atoms with Gasteiger partial charge in [-0.15, -0.1) is 0 Å². The van der Waals surface area contributed by atoms with Gasteiger partial charge < -0.3 is 10.2 Å². The van der Waals surface area contributed by atoms with Gasteiger partial charge in [0.2, 0.25) is 11.8 Å². The van der Waals surface area contributed by atoms with Gasteiger partial charge in [0.1, 0.15) is 23.7 Å². The van der Waals surface area contributed by atoms with E-state index in [9.17, 15) is 18.4 Å². The van der Waals surface area contributed by atoms with E-state index in [4.69, 9.17) is 0 Å². The van der Waals surface area contributed by atoms with Gasteiger partial charge in [-0.1, -0.05) is 0 Å². The van der Waals surface area contributed by atoms with Crippen molar-refractivity contribution in [1.29, 1.82) is 0 Å². The minimum atomic E-state index is -0.704. The first-order chi connectivity index (χ1) is 8.88. The Labute approximate surface area is 109 Å². The van der Waals surface area contributed by atoms with Crippen molar-refractivity contribution < 1.29 is 18.4 Å². The van der Waals surface area contributed by atoms with Crippen LogP contribution >= 0.6 is 0 Å². The topological polar surface area (TPSA) is 49.4 Å². The van der Waals surface area contributed by atoms with Crippen LogP contribution in [0.15, 0.2) is 18.2 Å². The zero-order chi connectivity index (χ0) is 14.2. The summed E-state index contributed by atoms with van der Waals surface area (Å²) in [6, 6.07) is 1.79. The molecule has 0 aromatic heterocycles. The van der Waals surface area contributed by atoms with E-state index >= 15 is 0 Å². The first kappa shape index (κ1) is 13.5. The molecule has 1 aromatic rings. The summed E-state index contributed by atoms with van der Waals surface area (Å²) in [5.41, 5.74) is 0.319. The molecule has 1 N–H and O–H groups in total. The van der Waals surface area contributed by atoms with Gasteiger partial charge in [-0.2, -0.15) is 0 Å². The molecule has 1 aliphatic heterocycles. The van der Waals surface area contributed by atoms with Crippen LogP contribution in [-0.4, -0.2) is 28.8 Å². The normalized spacial score (nSPS) is 23.5. The summed E-state index contributed by atoms with van der Waals surface area (Å²) >= 11 is 0. The molecule has 2 atom stereocenters. The lowest BCUT2D eigenvalue weighted by molar-refractivity contribution is -0.148. The predicted molar refractivity (Wildman–Crippen MR) is 64.0 cm³/mol. The number of nitrogens with zero attached hydrogens (tertiary/aromatic N) is 1.